The highest BCUT2D eigenvalue weighted by Crippen LogP contribution is 2.38. The standard InChI is InChI=1S/C15H22ClNS/c1-3-9-17-14(12-7-5-4-6-8-12)15-13(16)11(2)10-18-15/h7,10,14,17H,3-6,8-9H2,1-2H3. The van der Waals surface area contributed by atoms with Crippen molar-refractivity contribution >= 4 is 22.9 Å². The average Bonchev–Trinajstić information content (AvgIpc) is 2.73. The lowest BCUT2D eigenvalue weighted by molar-refractivity contribution is 0.552. The van der Waals surface area contributed by atoms with Gasteiger partial charge in [0.25, 0.3) is 0 Å². The van der Waals surface area contributed by atoms with E-state index < -0.39 is 0 Å². The molecule has 2 rings (SSSR count). The monoisotopic (exact) mass is 283 g/mol. The van der Waals surface area contributed by atoms with E-state index in [2.05, 4.69) is 30.6 Å². The maximum absolute atomic E-state index is 6.44. The first-order valence-electron chi connectivity index (χ1n) is 6.89. The Morgan fingerprint density at radius 2 is 2.28 bits per heavy atom. The predicted octanol–water partition coefficient (Wildman–Crippen LogP) is 5.25. The summed E-state index contributed by atoms with van der Waals surface area (Å²) in [6.07, 6.45) is 8.67. The van der Waals surface area contributed by atoms with Crippen molar-refractivity contribution in [1.82, 2.24) is 5.32 Å². The van der Waals surface area contributed by atoms with Gasteiger partial charge in [-0.15, -0.1) is 11.3 Å². The molecule has 0 saturated carbocycles. The van der Waals surface area contributed by atoms with Gasteiger partial charge in [-0.25, -0.2) is 0 Å². The van der Waals surface area contributed by atoms with Crippen LogP contribution in [0.5, 0.6) is 0 Å². The second-order valence-corrected chi connectivity index (χ2v) is 6.30. The van der Waals surface area contributed by atoms with Crippen LogP contribution in [0.25, 0.3) is 0 Å². The molecule has 0 aromatic carbocycles. The molecule has 1 aromatic heterocycles. The minimum atomic E-state index is 0.344. The molecular weight excluding hydrogens is 262 g/mol. The zero-order valence-electron chi connectivity index (χ0n) is 11.3. The summed E-state index contributed by atoms with van der Waals surface area (Å²) in [7, 11) is 0. The van der Waals surface area contributed by atoms with E-state index in [0.717, 1.165) is 18.0 Å². The summed E-state index contributed by atoms with van der Waals surface area (Å²) in [6, 6.07) is 0.344. The highest BCUT2D eigenvalue weighted by atomic mass is 35.5. The minimum absolute atomic E-state index is 0.344. The third kappa shape index (κ3) is 3.17. The largest absolute Gasteiger partial charge is 0.306 e. The van der Waals surface area contributed by atoms with E-state index in [4.69, 9.17) is 11.6 Å². The number of aryl methyl sites for hydroxylation is 1. The summed E-state index contributed by atoms with van der Waals surface area (Å²) in [5, 5.41) is 6.79. The summed E-state index contributed by atoms with van der Waals surface area (Å²) >= 11 is 8.24. The molecule has 0 spiro atoms. The zero-order valence-corrected chi connectivity index (χ0v) is 12.8. The van der Waals surface area contributed by atoms with Gasteiger partial charge in [0, 0.05) is 4.88 Å². The van der Waals surface area contributed by atoms with Gasteiger partial charge in [0.15, 0.2) is 0 Å². The Labute approximate surface area is 119 Å². The van der Waals surface area contributed by atoms with Crippen LogP contribution in [-0.4, -0.2) is 6.54 Å². The molecule has 0 amide bonds. The van der Waals surface area contributed by atoms with E-state index in [1.54, 1.807) is 16.9 Å². The van der Waals surface area contributed by atoms with E-state index in [9.17, 15) is 0 Å². The Kier molecular flexibility index (Phi) is 5.28. The fourth-order valence-electron chi connectivity index (χ4n) is 2.45. The predicted molar refractivity (Wildman–Crippen MR) is 81.7 cm³/mol. The van der Waals surface area contributed by atoms with E-state index >= 15 is 0 Å². The number of hydrogen-bond acceptors (Lipinski definition) is 2. The van der Waals surface area contributed by atoms with Crippen LogP contribution in [0.2, 0.25) is 5.02 Å². The Bertz CT molecular complexity index is 422. The van der Waals surface area contributed by atoms with Crippen LogP contribution in [0.4, 0.5) is 0 Å². The first kappa shape index (κ1) is 14.1. The summed E-state index contributed by atoms with van der Waals surface area (Å²) in [5.74, 6) is 0. The van der Waals surface area contributed by atoms with Crippen LogP contribution < -0.4 is 5.32 Å². The zero-order chi connectivity index (χ0) is 13.0. The SMILES string of the molecule is CCCNC(C1=CCCCC1)c1scc(C)c1Cl. The maximum Gasteiger partial charge on any atom is 0.0645 e. The van der Waals surface area contributed by atoms with Gasteiger partial charge < -0.3 is 5.32 Å². The Morgan fingerprint density at radius 1 is 1.44 bits per heavy atom. The van der Waals surface area contributed by atoms with Gasteiger partial charge in [0.05, 0.1) is 11.1 Å². The first-order chi connectivity index (χ1) is 8.74. The molecular formula is C15H22ClNS. The summed E-state index contributed by atoms with van der Waals surface area (Å²) < 4.78 is 0. The summed E-state index contributed by atoms with van der Waals surface area (Å²) in [4.78, 5) is 1.30. The number of allylic oxidation sites excluding steroid dienone is 1. The van der Waals surface area contributed by atoms with Crippen LogP contribution in [0.3, 0.4) is 0 Å². The number of thiophene rings is 1. The van der Waals surface area contributed by atoms with E-state index in [-0.39, 0.29) is 0 Å². The van der Waals surface area contributed by atoms with E-state index in [1.807, 2.05) is 0 Å². The third-order valence-electron chi connectivity index (χ3n) is 3.48. The fourth-order valence-corrected chi connectivity index (χ4v) is 3.87. The number of hydrogen-bond donors (Lipinski definition) is 1. The molecule has 1 aromatic rings. The normalized spacial score (nSPS) is 17.6. The van der Waals surface area contributed by atoms with Crippen molar-refractivity contribution in [2.75, 3.05) is 6.54 Å². The molecule has 1 atom stereocenters. The Balaban J connectivity index is 2.24. The molecule has 1 aliphatic carbocycles. The number of halogens is 1. The first-order valence-corrected chi connectivity index (χ1v) is 8.15. The molecule has 1 N–H and O–H groups in total. The second kappa shape index (κ2) is 6.74. The molecule has 18 heavy (non-hydrogen) atoms. The summed E-state index contributed by atoms with van der Waals surface area (Å²) in [5.41, 5.74) is 2.75. The molecule has 3 heteroatoms. The lowest BCUT2D eigenvalue weighted by atomic mass is 9.92. The molecule has 1 aliphatic rings. The maximum atomic E-state index is 6.44. The smallest absolute Gasteiger partial charge is 0.0645 e. The highest BCUT2D eigenvalue weighted by Gasteiger charge is 2.22. The van der Waals surface area contributed by atoms with Crippen LogP contribution in [0.15, 0.2) is 17.0 Å². The third-order valence-corrected chi connectivity index (χ3v) is 5.26. The quantitative estimate of drug-likeness (QED) is 0.728. The van der Waals surface area contributed by atoms with Gasteiger partial charge in [-0.2, -0.15) is 0 Å². The van der Waals surface area contributed by atoms with Crippen LogP contribution in [-0.2, 0) is 0 Å². The van der Waals surface area contributed by atoms with Crippen LogP contribution >= 0.6 is 22.9 Å². The molecule has 1 unspecified atom stereocenters. The average molecular weight is 284 g/mol. The summed E-state index contributed by atoms with van der Waals surface area (Å²) in [6.45, 7) is 5.35. The topological polar surface area (TPSA) is 12.0 Å². The Hall–Kier alpha value is -0.310. The molecule has 0 bridgehead atoms. The molecule has 1 nitrogen and oxygen atoms in total. The van der Waals surface area contributed by atoms with Crippen molar-refractivity contribution in [3.05, 3.63) is 32.5 Å². The lowest BCUT2D eigenvalue weighted by Crippen LogP contribution is -2.24. The van der Waals surface area contributed by atoms with Crippen molar-refractivity contribution < 1.29 is 0 Å². The van der Waals surface area contributed by atoms with E-state index in [1.165, 1.54) is 36.1 Å². The highest BCUT2D eigenvalue weighted by molar-refractivity contribution is 7.10. The molecule has 0 fully saturated rings. The van der Waals surface area contributed by atoms with Gasteiger partial charge in [-0.1, -0.05) is 30.2 Å². The minimum Gasteiger partial charge on any atom is -0.306 e. The Morgan fingerprint density at radius 3 is 2.83 bits per heavy atom. The van der Waals surface area contributed by atoms with Gasteiger partial charge in [0.1, 0.15) is 0 Å². The van der Waals surface area contributed by atoms with Gasteiger partial charge in [-0.05, 0) is 56.5 Å². The molecule has 100 valence electrons. The van der Waals surface area contributed by atoms with E-state index in [0.29, 0.717) is 6.04 Å². The molecule has 0 saturated heterocycles. The van der Waals surface area contributed by atoms with Crippen molar-refractivity contribution in [2.24, 2.45) is 0 Å². The van der Waals surface area contributed by atoms with Gasteiger partial charge >= 0.3 is 0 Å². The lowest BCUT2D eigenvalue weighted by Gasteiger charge is -2.24. The van der Waals surface area contributed by atoms with Gasteiger partial charge in [0.2, 0.25) is 0 Å². The van der Waals surface area contributed by atoms with Gasteiger partial charge in [-0.3, -0.25) is 0 Å². The molecule has 0 aliphatic heterocycles. The number of rotatable bonds is 5. The van der Waals surface area contributed by atoms with Crippen molar-refractivity contribution in [2.45, 2.75) is 52.0 Å². The van der Waals surface area contributed by atoms with Crippen molar-refractivity contribution in [3.8, 4) is 0 Å². The molecule has 1 heterocycles. The number of nitrogens with one attached hydrogen (secondary N) is 1. The van der Waals surface area contributed by atoms with Crippen LogP contribution in [0.1, 0.15) is 55.5 Å². The fraction of sp³-hybridized carbons (Fsp3) is 0.600. The van der Waals surface area contributed by atoms with Crippen molar-refractivity contribution in [3.63, 3.8) is 0 Å². The van der Waals surface area contributed by atoms with Crippen molar-refractivity contribution in [1.29, 1.82) is 0 Å². The molecule has 0 radical (unpaired) electrons. The van der Waals surface area contributed by atoms with Crippen LogP contribution in [0, 0.1) is 6.92 Å². The second-order valence-electron chi connectivity index (χ2n) is 5.01.